The molecule has 0 atom stereocenters. The predicted octanol–water partition coefficient (Wildman–Crippen LogP) is 3.50. The van der Waals surface area contributed by atoms with E-state index < -0.39 is 5.82 Å². The first-order valence-corrected chi connectivity index (χ1v) is 6.99. The molecule has 3 N–H and O–H groups in total. The Balaban J connectivity index is 1.99. The van der Waals surface area contributed by atoms with Crippen molar-refractivity contribution in [1.82, 2.24) is 0 Å². The number of benzene rings is 2. The minimum atomic E-state index is -0.522. The second kappa shape index (κ2) is 6.58. The Morgan fingerprint density at radius 1 is 1.38 bits per heavy atom. The summed E-state index contributed by atoms with van der Waals surface area (Å²) in [4.78, 5) is 11.8. The van der Waals surface area contributed by atoms with E-state index in [-0.39, 0.29) is 18.3 Å². The maximum Gasteiger partial charge on any atom is 0.262 e. The molecule has 4 nitrogen and oxygen atoms in total. The fourth-order valence-electron chi connectivity index (χ4n) is 1.71. The van der Waals surface area contributed by atoms with E-state index in [4.69, 9.17) is 10.5 Å². The largest absolute Gasteiger partial charge is 0.481 e. The van der Waals surface area contributed by atoms with Crippen molar-refractivity contribution < 1.29 is 13.9 Å². The average molecular weight is 353 g/mol. The zero-order valence-electron chi connectivity index (χ0n) is 11.3. The highest BCUT2D eigenvalue weighted by molar-refractivity contribution is 9.10. The van der Waals surface area contributed by atoms with Crippen molar-refractivity contribution in [2.75, 3.05) is 17.7 Å². The molecule has 0 unspecified atom stereocenters. The van der Waals surface area contributed by atoms with Gasteiger partial charge >= 0.3 is 0 Å². The molecular weight excluding hydrogens is 339 g/mol. The second-order valence-corrected chi connectivity index (χ2v) is 5.35. The Bertz CT molecular complexity index is 677. The maximum absolute atomic E-state index is 13.5. The highest BCUT2D eigenvalue weighted by Gasteiger charge is 2.09. The third-order valence-electron chi connectivity index (χ3n) is 2.90. The highest BCUT2D eigenvalue weighted by atomic mass is 79.9. The monoisotopic (exact) mass is 352 g/mol. The van der Waals surface area contributed by atoms with Gasteiger partial charge in [0.05, 0.1) is 0 Å². The van der Waals surface area contributed by atoms with E-state index in [1.807, 2.05) is 0 Å². The van der Waals surface area contributed by atoms with E-state index in [0.717, 1.165) is 5.56 Å². The zero-order chi connectivity index (χ0) is 15.4. The van der Waals surface area contributed by atoms with Crippen LogP contribution < -0.4 is 15.8 Å². The van der Waals surface area contributed by atoms with Gasteiger partial charge in [0.1, 0.15) is 0 Å². The van der Waals surface area contributed by atoms with Gasteiger partial charge in [-0.3, -0.25) is 4.79 Å². The number of ether oxygens (including phenoxy) is 1. The van der Waals surface area contributed by atoms with Crippen LogP contribution in [-0.4, -0.2) is 12.5 Å². The lowest BCUT2D eigenvalue weighted by Crippen LogP contribution is -2.21. The number of carbonyl (C=O) groups excluding carboxylic acids is 1. The lowest BCUT2D eigenvalue weighted by atomic mass is 10.1. The van der Waals surface area contributed by atoms with Crippen LogP contribution in [0.25, 0.3) is 0 Å². The van der Waals surface area contributed by atoms with Gasteiger partial charge in [0.2, 0.25) is 0 Å². The first-order valence-electron chi connectivity index (χ1n) is 6.20. The van der Waals surface area contributed by atoms with Crippen LogP contribution in [0.1, 0.15) is 5.56 Å². The molecule has 0 saturated carbocycles. The smallest absolute Gasteiger partial charge is 0.262 e. The Hall–Kier alpha value is -2.08. The van der Waals surface area contributed by atoms with Crippen LogP contribution in [0.15, 0.2) is 40.9 Å². The number of hydrogen-bond acceptors (Lipinski definition) is 3. The summed E-state index contributed by atoms with van der Waals surface area (Å²) in [7, 11) is 0. The number of anilines is 2. The van der Waals surface area contributed by atoms with Gasteiger partial charge in [-0.2, -0.15) is 0 Å². The number of hydrogen-bond donors (Lipinski definition) is 2. The minimum absolute atomic E-state index is 0.0174. The fraction of sp³-hybridized carbons (Fsp3) is 0.133. The number of nitrogens with two attached hydrogens (primary N) is 1. The summed E-state index contributed by atoms with van der Waals surface area (Å²) < 4.78 is 19.3. The Morgan fingerprint density at radius 2 is 2.14 bits per heavy atom. The number of halogens is 2. The van der Waals surface area contributed by atoms with E-state index in [2.05, 4.69) is 21.2 Å². The molecule has 6 heteroatoms. The molecule has 110 valence electrons. The standard InChI is InChI=1S/C15H14BrFN2O2/c1-9-12(18)3-2-4-13(9)19-15(20)8-21-14-7-10(16)5-6-11(14)17/h2-7H,8,18H2,1H3,(H,19,20). The van der Waals surface area contributed by atoms with E-state index in [9.17, 15) is 9.18 Å². The summed E-state index contributed by atoms with van der Waals surface area (Å²) in [5.74, 6) is -0.891. The predicted molar refractivity (Wildman–Crippen MR) is 83.8 cm³/mol. The molecule has 0 spiro atoms. The molecular formula is C15H14BrFN2O2. The van der Waals surface area contributed by atoms with Gasteiger partial charge in [-0.05, 0) is 42.8 Å². The van der Waals surface area contributed by atoms with Crippen molar-refractivity contribution in [3.8, 4) is 5.75 Å². The Morgan fingerprint density at radius 3 is 2.90 bits per heavy atom. The molecule has 0 bridgehead atoms. The number of amides is 1. The number of carbonyl (C=O) groups is 1. The molecule has 0 saturated heterocycles. The first kappa shape index (κ1) is 15.3. The molecule has 0 fully saturated rings. The summed E-state index contributed by atoms with van der Waals surface area (Å²) in [6, 6.07) is 9.51. The van der Waals surface area contributed by atoms with Crippen molar-refractivity contribution in [1.29, 1.82) is 0 Å². The third-order valence-corrected chi connectivity index (χ3v) is 3.40. The Kier molecular flexibility index (Phi) is 4.80. The molecule has 1 amide bonds. The van der Waals surface area contributed by atoms with E-state index in [1.54, 1.807) is 31.2 Å². The molecule has 2 aromatic carbocycles. The van der Waals surface area contributed by atoms with Crippen molar-refractivity contribution in [2.45, 2.75) is 6.92 Å². The van der Waals surface area contributed by atoms with E-state index in [0.29, 0.717) is 15.8 Å². The lowest BCUT2D eigenvalue weighted by molar-refractivity contribution is -0.118. The summed E-state index contributed by atoms with van der Waals surface area (Å²) in [5.41, 5.74) is 7.74. The highest BCUT2D eigenvalue weighted by Crippen LogP contribution is 2.23. The summed E-state index contributed by atoms with van der Waals surface area (Å²) in [6.45, 7) is 1.52. The molecule has 0 aromatic heterocycles. The quantitative estimate of drug-likeness (QED) is 0.827. The maximum atomic E-state index is 13.5. The summed E-state index contributed by atoms with van der Waals surface area (Å²) in [6.07, 6.45) is 0. The van der Waals surface area contributed by atoms with Crippen LogP contribution >= 0.6 is 15.9 Å². The van der Waals surface area contributed by atoms with Crippen LogP contribution in [-0.2, 0) is 4.79 Å². The molecule has 0 radical (unpaired) electrons. The topological polar surface area (TPSA) is 64.3 Å². The normalized spacial score (nSPS) is 10.2. The Labute approximate surface area is 130 Å². The van der Waals surface area contributed by atoms with E-state index >= 15 is 0 Å². The zero-order valence-corrected chi connectivity index (χ0v) is 12.9. The fourth-order valence-corrected chi connectivity index (χ4v) is 2.05. The summed E-state index contributed by atoms with van der Waals surface area (Å²) >= 11 is 3.21. The van der Waals surface area contributed by atoms with Gasteiger partial charge in [0, 0.05) is 15.8 Å². The molecule has 2 aromatic rings. The van der Waals surface area contributed by atoms with Gasteiger partial charge in [0.15, 0.2) is 18.2 Å². The van der Waals surface area contributed by atoms with Gasteiger partial charge in [-0.1, -0.05) is 22.0 Å². The van der Waals surface area contributed by atoms with Crippen LogP contribution in [0.5, 0.6) is 5.75 Å². The van der Waals surface area contributed by atoms with Gasteiger partial charge in [-0.25, -0.2) is 4.39 Å². The summed E-state index contributed by atoms with van der Waals surface area (Å²) in [5, 5.41) is 2.68. The van der Waals surface area contributed by atoms with Crippen LogP contribution in [0, 0.1) is 12.7 Å². The third kappa shape index (κ3) is 3.95. The number of nitrogens with one attached hydrogen (secondary N) is 1. The van der Waals surface area contributed by atoms with Crippen molar-refractivity contribution >= 4 is 33.2 Å². The van der Waals surface area contributed by atoms with Gasteiger partial charge in [-0.15, -0.1) is 0 Å². The van der Waals surface area contributed by atoms with Crippen molar-refractivity contribution in [2.24, 2.45) is 0 Å². The molecule has 0 aliphatic heterocycles. The van der Waals surface area contributed by atoms with Crippen molar-refractivity contribution in [3.05, 3.63) is 52.3 Å². The lowest BCUT2D eigenvalue weighted by Gasteiger charge is -2.11. The molecule has 0 heterocycles. The van der Waals surface area contributed by atoms with Crippen LogP contribution in [0.2, 0.25) is 0 Å². The molecule has 21 heavy (non-hydrogen) atoms. The molecule has 0 aliphatic carbocycles. The van der Waals surface area contributed by atoms with Crippen LogP contribution in [0.4, 0.5) is 15.8 Å². The van der Waals surface area contributed by atoms with Gasteiger partial charge in [0.25, 0.3) is 5.91 Å². The SMILES string of the molecule is Cc1c(N)cccc1NC(=O)COc1cc(Br)ccc1F. The molecule has 0 aliphatic rings. The van der Waals surface area contributed by atoms with Crippen LogP contribution in [0.3, 0.4) is 0 Å². The van der Waals surface area contributed by atoms with Gasteiger partial charge < -0.3 is 15.8 Å². The van der Waals surface area contributed by atoms with Crippen molar-refractivity contribution in [3.63, 3.8) is 0 Å². The second-order valence-electron chi connectivity index (χ2n) is 4.43. The molecule has 2 rings (SSSR count). The number of nitrogen functional groups attached to an aromatic ring is 1. The minimum Gasteiger partial charge on any atom is -0.481 e. The first-order chi connectivity index (χ1) is 9.97. The number of rotatable bonds is 4. The average Bonchev–Trinajstić information content (AvgIpc) is 2.45. The van der Waals surface area contributed by atoms with E-state index in [1.165, 1.54) is 12.1 Å².